The molecule has 0 saturated carbocycles. The molecule has 0 aliphatic rings. The number of fused-ring (bicyclic) bond motifs is 1. The third-order valence-corrected chi connectivity index (χ3v) is 2.80. The van der Waals surface area contributed by atoms with Crippen LogP contribution >= 0.6 is 0 Å². The van der Waals surface area contributed by atoms with E-state index in [-0.39, 0.29) is 11.8 Å². The first-order chi connectivity index (χ1) is 8.35. The van der Waals surface area contributed by atoms with Crippen molar-refractivity contribution in [1.82, 2.24) is 4.98 Å². The van der Waals surface area contributed by atoms with E-state index in [1.54, 1.807) is 12.1 Å². The predicted octanol–water partition coefficient (Wildman–Crippen LogP) is 2.16. The summed E-state index contributed by atoms with van der Waals surface area (Å²) >= 11 is 0. The summed E-state index contributed by atoms with van der Waals surface area (Å²) < 4.78 is 4.98. The molecule has 1 heterocycles. The number of carbonyl (C=O) groups is 1. The number of oxazole rings is 1. The highest BCUT2D eigenvalue weighted by Crippen LogP contribution is 2.27. The topological polar surface area (TPSA) is 83.3 Å². The fourth-order valence-electron chi connectivity index (χ4n) is 2.12. The minimum Gasteiger partial charge on any atom is -0.481 e. The molecule has 1 aromatic heterocycles. The van der Waals surface area contributed by atoms with Crippen LogP contribution in [0.1, 0.15) is 25.8 Å². The number of hydrogen-bond donors (Lipinski definition) is 2. The summed E-state index contributed by atoms with van der Waals surface area (Å²) in [4.78, 5) is 24.4. The normalized spacial score (nSPS) is 11.9. The Morgan fingerprint density at radius 2 is 2.17 bits per heavy atom. The zero-order chi connectivity index (χ0) is 13.3. The fraction of sp³-hybridized carbons (Fsp3) is 0.385. The summed E-state index contributed by atoms with van der Waals surface area (Å²) in [6.07, 6.45) is 0.715. The van der Waals surface area contributed by atoms with E-state index in [1.807, 2.05) is 19.9 Å². The molecule has 18 heavy (non-hydrogen) atoms. The maximum atomic E-state index is 11.0. The quantitative estimate of drug-likeness (QED) is 0.869. The number of rotatable bonds is 4. The molecule has 5 heteroatoms. The smallest absolute Gasteiger partial charge is 0.417 e. The highest BCUT2D eigenvalue weighted by molar-refractivity contribution is 5.73. The predicted molar refractivity (Wildman–Crippen MR) is 66.6 cm³/mol. The van der Waals surface area contributed by atoms with E-state index >= 15 is 0 Å². The van der Waals surface area contributed by atoms with E-state index in [0.717, 1.165) is 5.56 Å². The maximum absolute atomic E-state index is 11.0. The number of aromatic amines is 1. The second-order valence-corrected chi connectivity index (χ2v) is 5.26. The molecule has 5 nitrogen and oxygen atoms in total. The molecule has 2 N–H and O–H groups in total. The number of benzene rings is 1. The molecule has 0 aliphatic carbocycles. The lowest BCUT2D eigenvalue weighted by Gasteiger charge is -2.22. The SMILES string of the molecule is CC(C)(CC(=O)O)Cc1ccc2[nH]c(=O)oc2c1. The van der Waals surface area contributed by atoms with Crippen molar-refractivity contribution in [1.29, 1.82) is 0 Å². The van der Waals surface area contributed by atoms with Gasteiger partial charge in [0.05, 0.1) is 11.9 Å². The maximum Gasteiger partial charge on any atom is 0.417 e. The van der Waals surface area contributed by atoms with E-state index in [0.29, 0.717) is 17.5 Å². The number of carboxylic acid groups (broad SMARTS) is 1. The van der Waals surface area contributed by atoms with Crippen molar-refractivity contribution >= 4 is 17.1 Å². The minimum atomic E-state index is -0.811. The Labute approximate surface area is 103 Å². The van der Waals surface area contributed by atoms with Crippen molar-refractivity contribution < 1.29 is 14.3 Å². The lowest BCUT2D eigenvalue weighted by atomic mass is 9.83. The van der Waals surface area contributed by atoms with Gasteiger partial charge >= 0.3 is 11.7 Å². The summed E-state index contributed by atoms with van der Waals surface area (Å²) in [5, 5.41) is 8.84. The molecule has 0 fully saturated rings. The van der Waals surface area contributed by atoms with Gasteiger partial charge in [-0.3, -0.25) is 9.78 Å². The Kier molecular flexibility index (Phi) is 2.98. The standard InChI is InChI=1S/C13H15NO4/c1-13(2,7-11(15)16)6-8-3-4-9-10(5-8)18-12(17)14-9/h3-5H,6-7H2,1-2H3,(H,14,17)(H,15,16). The molecule has 0 spiro atoms. The van der Waals surface area contributed by atoms with E-state index in [2.05, 4.69) is 4.98 Å². The summed E-state index contributed by atoms with van der Waals surface area (Å²) in [5.41, 5.74) is 1.77. The van der Waals surface area contributed by atoms with Gasteiger partial charge in [-0.05, 0) is 29.5 Å². The highest BCUT2D eigenvalue weighted by Gasteiger charge is 2.22. The van der Waals surface area contributed by atoms with Crippen LogP contribution in [-0.4, -0.2) is 16.1 Å². The van der Waals surface area contributed by atoms with Crippen molar-refractivity contribution in [2.24, 2.45) is 5.41 Å². The van der Waals surface area contributed by atoms with Crippen LogP contribution in [0.2, 0.25) is 0 Å². The molecule has 0 amide bonds. The van der Waals surface area contributed by atoms with Gasteiger partial charge < -0.3 is 9.52 Å². The molecule has 0 atom stereocenters. The van der Waals surface area contributed by atoms with Crippen LogP contribution in [0.15, 0.2) is 27.4 Å². The van der Waals surface area contributed by atoms with Gasteiger partial charge in [-0.15, -0.1) is 0 Å². The van der Waals surface area contributed by atoms with Crippen LogP contribution in [0, 0.1) is 5.41 Å². The Morgan fingerprint density at radius 1 is 1.44 bits per heavy atom. The van der Waals surface area contributed by atoms with Gasteiger partial charge in [0.15, 0.2) is 5.58 Å². The van der Waals surface area contributed by atoms with Gasteiger partial charge in [-0.1, -0.05) is 19.9 Å². The lowest BCUT2D eigenvalue weighted by molar-refractivity contribution is -0.139. The molecule has 0 aliphatic heterocycles. The second kappa shape index (κ2) is 4.33. The molecule has 2 rings (SSSR count). The molecule has 1 aromatic carbocycles. The van der Waals surface area contributed by atoms with Gasteiger partial charge in [0.1, 0.15) is 0 Å². The molecule has 0 saturated heterocycles. The van der Waals surface area contributed by atoms with Crippen molar-refractivity contribution in [3.8, 4) is 0 Å². The molecule has 96 valence electrons. The Morgan fingerprint density at radius 3 is 2.83 bits per heavy atom. The molecular weight excluding hydrogens is 234 g/mol. The van der Waals surface area contributed by atoms with Crippen LogP contribution < -0.4 is 5.76 Å². The van der Waals surface area contributed by atoms with E-state index in [1.165, 1.54) is 0 Å². The van der Waals surface area contributed by atoms with Crippen LogP contribution in [0.3, 0.4) is 0 Å². The number of aliphatic carboxylic acids is 1. The third kappa shape index (κ3) is 2.80. The monoisotopic (exact) mass is 249 g/mol. The van der Waals surface area contributed by atoms with Crippen LogP contribution in [0.25, 0.3) is 11.1 Å². The molecule has 0 bridgehead atoms. The average molecular weight is 249 g/mol. The van der Waals surface area contributed by atoms with Gasteiger partial charge in [-0.2, -0.15) is 0 Å². The Hall–Kier alpha value is -2.04. The first kappa shape index (κ1) is 12.4. The van der Waals surface area contributed by atoms with Crippen molar-refractivity contribution in [2.75, 3.05) is 0 Å². The number of carboxylic acids is 1. The van der Waals surface area contributed by atoms with Crippen molar-refractivity contribution in [3.63, 3.8) is 0 Å². The van der Waals surface area contributed by atoms with Gasteiger partial charge in [0.25, 0.3) is 0 Å². The zero-order valence-corrected chi connectivity index (χ0v) is 10.3. The summed E-state index contributed by atoms with van der Waals surface area (Å²) in [6.45, 7) is 3.80. The second-order valence-electron chi connectivity index (χ2n) is 5.26. The largest absolute Gasteiger partial charge is 0.481 e. The Balaban J connectivity index is 2.26. The number of H-pyrrole nitrogens is 1. The summed E-state index contributed by atoms with van der Waals surface area (Å²) in [7, 11) is 0. The third-order valence-electron chi connectivity index (χ3n) is 2.80. The zero-order valence-electron chi connectivity index (χ0n) is 10.3. The first-order valence-corrected chi connectivity index (χ1v) is 5.69. The number of nitrogens with one attached hydrogen (secondary N) is 1. The van der Waals surface area contributed by atoms with Crippen LogP contribution in [0.5, 0.6) is 0 Å². The van der Waals surface area contributed by atoms with E-state index in [4.69, 9.17) is 9.52 Å². The van der Waals surface area contributed by atoms with Crippen molar-refractivity contribution in [3.05, 3.63) is 34.3 Å². The molecular formula is C13H15NO4. The number of hydrogen-bond acceptors (Lipinski definition) is 3. The highest BCUT2D eigenvalue weighted by atomic mass is 16.4. The molecule has 0 unspecified atom stereocenters. The first-order valence-electron chi connectivity index (χ1n) is 5.69. The number of aromatic nitrogens is 1. The van der Waals surface area contributed by atoms with E-state index < -0.39 is 11.7 Å². The average Bonchev–Trinajstić information content (AvgIpc) is 2.54. The molecule has 2 aromatic rings. The van der Waals surface area contributed by atoms with Gasteiger partial charge in [-0.25, -0.2) is 4.79 Å². The fourth-order valence-corrected chi connectivity index (χ4v) is 2.12. The molecule has 0 radical (unpaired) electrons. The lowest BCUT2D eigenvalue weighted by Crippen LogP contribution is -2.19. The van der Waals surface area contributed by atoms with Crippen molar-refractivity contribution in [2.45, 2.75) is 26.7 Å². The van der Waals surface area contributed by atoms with Crippen LogP contribution in [-0.2, 0) is 11.2 Å². The van der Waals surface area contributed by atoms with Gasteiger partial charge in [0, 0.05) is 0 Å². The minimum absolute atomic E-state index is 0.0993. The van der Waals surface area contributed by atoms with Crippen LogP contribution in [0.4, 0.5) is 0 Å². The summed E-state index contributed by atoms with van der Waals surface area (Å²) in [6, 6.07) is 5.42. The van der Waals surface area contributed by atoms with E-state index in [9.17, 15) is 9.59 Å². The summed E-state index contributed by atoms with van der Waals surface area (Å²) in [5.74, 6) is -1.29. The van der Waals surface area contributed by atoms with Gasteiger partial charge in [0.2, 0.25) is 0 Å². The Bertz CT molecular complexity index is 636.